The summed E-state index contributed by atoms with van der Waals surface area (Å²) in [5.41, 5.74) is 14.3. The highest BCUT2D eigenvalue weighted by atomic mass is 28.3. The molecule has 0 fully saturated rings. The summed E-state index contributed by atoms with van der Waals surface area (Å²) in [5, 5.41) is 1.10. The molecular weight excluding hydrogens is 264 g/mol. The Morgan fingerprint density at radius 1 is 0.900 bits per heavy atom. The highest BCUT2D eigenvalue weighted by Crippen LogP contribution is 2.16. The zero-order valence-electron chi connectivity index (χ0n) is 12.1. The molecule has 0 aliphatic heterocycles. The van der Waals surface area contributed by atoms with E-state index in [2.05, 4.69) is 19.6 Å². The van der Waals surface area contributed by atoms with Gasteiger partial charge in [-0.25, -0.2) is 0 Å². The van der Waals surface area contributed by atoms with Crippen molar-refractivity contribution in [3.63, 3.8) is 0 Å². The number of ketones is 1. The van der Waals surface area contributed by atoms with E-state index in [-0.39, 0.29) is 5.78 Å². The van der Waals surface area contributed by atoms with Gasteiger partial charge in [0, 0.05) is 22.5 Å². The minimum absolute atomic E-state index is 0.0300. The second-order valence-electron chi connectivity index (χ2n) is 6.01. The Bertz CT molecular complexity index is 643. The van der Waals surface area contributed by atoms with Crippen LogP contribution in [0.1, 0.15) is 15.9 Å². The summed E-state index contributed by atoms with van der Waals surface area (Å²) in [6, 6.07) is 12.6. The Morgan fingerprint density at radius 3 is 2.00 bits per heavy atom. The van der Waals surface area contributed by atoms with Crippen molar-refractivity contribution >= 4 is 30.4 Å². The lowest BCUT2D eigenvalue weighted by Crippen LogP contribution is -2.41. The first-order valence-electron chi connectivity index (χ1n) is 6.59. The molecule has 2 rings (SSSR count). The molecule has 4 heteroatoms. The summed E-state index contributed by atoms with van der Waals surface area (Å²) in [4.78, 5) is 12.7. The molecule has 0 saturated carbocycles. The van der Waals surface area contributed by atoms with E-state index >= 15 is 0 Å². The highest BCUT2D eigenvalue weighted by molar-refractivity contribution is 6.89. The van der Waals surface area contributed by atoms with Gasteiger partial charge in [-0.2, -0.15) is 0 Å². The van der Waals surface area contributed by atoms with Crippen LogP contribution < -0.4 is 16.7 Å². The van der Waals surface area contributed by atoms with Gasteiger partial charge in [0.15, 0.2) is 5.78 Å². The van der Waals surface area contributed by atoms with Gasteiger partial charge in [0.25, 0.3) is 0 Å². The normalized spacial score (nSPS) is 11.3. The average molecular weight is 284 g/mol. The molecule has 0 saturated heterocycles. The Hall–Kier alpha value is -2.07. The lowest BCUT2D eigenvalue weighted by molar-refractivity contribution is 0.104. The van der Waals surface area contributed by atoms with Crippen LogP contribution in [0, 0.1) is 0 Å². The van der Waals surface area contributed by atoms with Gasteiger partial charge in [0.2, 0.25) is 0 Å². The van der Waals surface area contributed by atoms with Crippen LogP contribution >= 0.6 is 0 Å². The van der Waals surface area contributed by atoms with Crippen LogP contribution in [-0.4, -0.2) is 13.9 Å². The fraction of sp³-hybridized carbons (Fsp3) is 0.188. The van der Waals surface area contributed by atoms with E-state index in [1.807, 2.05) is 12.1 Å². The summed E-state index contributed by atoms with van der Waals surface area (Å²) in [6.07, 6.45) is 0. The molecule has 0 atom stereocenters. The number of carbonyl (C=O) groups is 1. The lowest BCUT2D eigenvalue weighted by Gasteiger charge is -2.21. The lowest BCUT2D eigenvalue weighted by atomic mass is 10.0. The average Bonchev–Trinajstić information content (AvgIpc) is 2.38. The summed E-state index contributed by atoms with van der Waals surface area (Å²) in [5.74, 6) is 0.0300. The van der Waals surface area contributed by atoms with Crippen LogP contribution in [0.4, 0.5) is 11.4 Å². The summed E-state index contributed by atoms with van der Waals surface area (Å²) in [7, 11) is -1.64. The van der Waals surface area contributed by atoms with Crippen LogP contribution in [0.5, 0.6) is 0 Å². The second-order valence-corrected chi connectivity index (χ2v) is 11.0. The van der Waals surface area contributed by atoms with Crippen molar-refractivity contribution in [2.24, 2.45) is 0 Å². The molecule has 0 unspecified atom stereocenters. The van der Waals surface area contributed by atoms with Gasteiger partial charge in [-0.3, -0.25) is 4.79 Å². The number of anilines is 2. The highest BCUT2D eigenvalue weighted by Gasteiger charge is 2.24. The van der Waals surface area contributed by atoms with Crippen molar-refractivity contribution in [3.05, 3.63) is 53.6 Å². The van der Waals surface area contributed by atoms with E-state index in [1.165, 1.54) is 0 Å². The third-order valence-electron chi connectivity index (χ3n) is 3.27. The van der Waals surface area contributed by atoms with Crippen LogP contribution in [0.3, 0.4) is 0 Å². The maximum absolute atomic E-state index is 12.7. The first-order chi connectivity index (χ1) is 9.29. The topological polar surface area (TPSA) is 69.1 Å². The van der Waals surface area contributed by atoms with Gasteiger partial charge >= 0.3 is 0 Å². The predicted molar refractivity (Wildman–Crippen MR) is 88.1 cm³/mol. The van der Waals surface area contributed by atoms with E-state index in [4.69, 9.17) is 11.5 Å². The van der Waals surface area contributed by atoms with Crippen molar-refractivity contribution in [3.8, 4) is 0 Å². The first-order valence-corrected chi connectivity index (χ1v) is 10.1. The first kappa shape index (κ1) is 14.3. The smallest absolute Gasteiger partial charge is 0.192 e. The van der Waals surface area contributed by atoms with Crippen LogP contribution in [0.25, 0.3) is 0 Å². The van der Waals surface area contributed by atoms with Crippen LogP contribution in [-0.2, 0) is 0 Å². The van der Waals surface area contributed by atoms with Gasteiger partial charge in [-0.1, -0.05) is 19.6 Å². The molecule has 104 valence electrons. The molecule has 3 nitrogen and oxygen atoms in total. The Labute approximate surface area is 120 Å². The van der Waals surface area contributed by atoms with E-state index in [0.717, 1.165) is 10.8 Å². The van der Waals surface area contributed by atoms with Crippen molar-refractivity contribution in [2.75, 3.05) is 11.5 Å². The second kappa shape index (κ2) is 5.13. The molecule has 0 bridgehead atoms. The summed E-state index contributed by atoms with van der Waals surface area (Å²) < 4.78 is 0. The predicted octanol–water partition coefficient (Wildman–Crippen LogP) is 2.63. The molecule has 0 spiro atoms. The zero-order valence-corrected chi connectivity index (χ0v) is 13.1. The summed E-state index contributed by atoms with van der Waals surface area (Å²) in [6.45, 7) is 6.63. The Kier molecular flexibility index (Phi) is 3.68. The van der Waals surface area contributed by atoms with Gasteiger partial charge in [0.1, 0.15) is 0 Å². The number of carbonyl (C=O) groups excluding carboxylic acids is 1. The Balaban J connectivity index is 2.52. The maximum atomic E-state index is 12.7. The van der Waals surface area contributed by atoms with Crippen molar-refractivity contribution in [2.45, 2.75) is 19.6 Å². The standard InChI is InChI=1S/C16H20N2OSi/c1-20(2,3)15-10-13(18)8-9-14(15)16(19)11-4-6-12(17)7-5-11/h4-10H,17-18H2,1-3H3. The quantitative estimate of drug-likeness (QED) is 0.517. The van der Waals surface area contributed by atoms with Gasteiger partial charge in [0.05, 0.1) is 8.07 Å². The fourth-order valence-corrected chi connectivity index (χ4v) is 3.77. The molecule has 0 heterocycles. The summed E-state index contributed by atoms with van der Waals surface area (Å²) >= 11 is 0. The Morgan fingerprint density at radius 2 is 1.45 bits per heavy atom. The number of nitrogens with two attached hydrogens (primary N) is 2. The molecule has 0 aliphatic carbocycles. The number of hydrogen-bond donors (Lipinski definition) is 2. The molecule has 2 aromatic rings. The minimum Gasteiger partial charge on any atom is -0.399 e. The molecule has 4 N–H and O–H groups in total. The molecule has 0 amide bonds. The molecule has 0 radical (unpaired) electrons. The largest absolute Gasteiger partial charge is 0.399 e. The third kappa shape index (κ3) is 2.91. The molecule has 20 heavy (non-hydrogen) atoms. The molecular formula is C16H20N2OSi. The van der Waals surface area contributed by atoms with Crippen molar-refractivity contribution < 1.29 is 4.79 Å². The SMILES string of the molecule is C[Si](C)(C)c1cc(N)ccc1C(=O)c1ccc(N)cc1. The number of rotatable bonds is 3. The van der Waals surface area contributed by atoms with Crippen molar-refractivity contribution in [1.82, 2.24) is 0 Å². The monoisotopic (exact) mass is 284 g/mol. The number of nitrogen functional groups attached to an aromatic ring is 2. The van der Waals surface area contributed by atoms with Crippen molar-refractivity contribution in [1.29, 1.82) is 0 Å². The van der Waals surface area contributed by atoms with E-state index in [1.54, 1.807) is 30.3 Å². The van der Waals surface area contributed by atoms with Crippen LogP contribution in [0.2, 0.25) is 19.6 Å². The zero-order chi connectivity index (χ0) is 14.9. The number of benzene rings is 2. The number of hydrogen-bond acceptors (Lipinski definition) is 3. The van der Waals surface area contributed by atoms with E-state index in [0.29, 0.717) is 16.9 Å². The molecule has 0 aromatic heterocycles. The van der Waals surface area contributed by atoms with E-state index < -0.39 is 8.07 Å². The molecule has 0 aliphatic rings. The van der Waals surface area contributed by atoms with E-state index in [9.17, 15) is 4.79 Å². The minimum atomic E-state index is -1.64. The maximum Gasteiger partial charge on any atom is 0.192 e. The van der Waals surface area contributed by atoms with Gasteiger partial charge in [-0.15, -0.1) is 0 Å². The van der Waals surface area contributed by atoms with Gasteiger partial charge in [-0.05, 0) is 47.7 Å². The molecule has 2 aromatic carbocycles. The fourth-order valence-electron chi connectivity index (χ4n) is 2.17. The van der Waals surface area contributed by atoms with Crippen LogP contribution in [0.15, 0.2) is 42.5 Å². The van der Waals surface area contributed by atoms with Gasteiger partial charge < -0.3 is 11.5 Å². The third-order valence-corrected chi connectivity index (χ3v) is 5.30.